The van der Waals surface area contributed by atoms with E-state index in [0.29, 0.717) is 31.1 Å². The second-order valence-electron chi connectivity index (χ2n) is 5.93. The average molecular weight is 310 g/mol. The maximum Gasteiger partial charge on any atom is 0.227 e. The summed E-state index contributed by atoms with van der Waals surface area (Å²) in [5.74, 6) is 0.0316. The fourth-order valence-electron chi connectivity index (χ4n) is 3.30. The van der Waals surface area contributed by atoms with Crippen LogP contribution in [0, 0.1) is 0 Å². The van der Waals surface area contributed by atoms with Gasteiger partial charge >= 0.3 is 0 Å². The number of hydrogen-bond donors (Lipinski definition) is 1. The van der Waals surface area contributed by atoms with Crippen molar-refractivity contribution in [1.82, 2.24) is 4.90 Å². The van der Waals surface area contributed by atoms with Gasteiger partial charge in [0.2, 0.25) is 5.91 Å². The van der Waals surface area contributed by atoms with Gasteiger partial charge in [0.1, 0.15) is 6.10 Å². The van der Waals surface area contributed by atoms with E-state index in [9.17, 15) is 9.90 Å². The van der Waals surface area contributed by atoms with Crippen molar-refractivity contribution in [2.75, 3.05) is 19.7 Å². The van der Waals surface area contributed by atoms with Crippen molar-refractivity contribution in [3.63, 3.8) is 0 Å². The summed E-state index contributed by atoms with van der Waals surface area (Å²) in [6.45, 7) is 1.73. The molecule has 21 heavy (non-hydrogen) atoms. The van der Waals surface area contributed by atoms with Crippen LogP contribution in [0.3, 0.4) is 0 Å². The van der Waals surface area contributed by atoms with Crippen LogP contribution in [0.5, 0.6) is 0 Å². The van der Waals surface area contributed by atoms with Crippen LogP contribution >= 0.6 is 11.6 Å². The van der Waals surface area contributed by atoms with Gasteiger partial charge in [0, 0.05) is 24.7 Å². The fourth-order valence-corrected chi connectivity index (χ4v) is 3.51. The van der Waals surface area contributed by atoms with Gasteiger partial charge in [0.15, 0.2) is 0 Å². The highest BCUT2D eigenvalue weighted by atomic mass is 35.5. The Balaban J connectivity index is 1.62. The Labute approximate surface area is 129 Å². The predicted molar refractivity (Wildman–Crippen MR) is 80.3 cm³/mol. The maximum atomic E-state index is 12.4. The molecule has 0 bridgehead atoms. The van der Waals surface area contributed by atoms with E-state index in [1.54, 1.807) is 17.0 Å². The van der Waals surface area contributed by atoms with Crippen LogP contribution < -0.4 is 0 Å². The van der Waals surface area contributed by atoms with Gasteiger partial charge in [-0.15, -0.1) is 0 Å². The Morgan fingerprint density at radius 1 is 1.48 bits per heavy atom. The molecule has 2 aliphatic heterocycles. The van der Waals surface area contributed by atoms with E-state index in [0.717, 1.165) is 24.8 Å². The molecule has 5 heteroatoms. The molecule has 0 aliphatic carbocycles. The average Bonchev–Trinajstić information content (AvgIpc) is 2.92. The number of amides is 1. The highest BCUT2D eigenvalue weighted by Gasteiger charge is 2.46. The minimum atomic E-state index is -0.586. The van der Waals surface area contributed by atoms with Crippen LogP contribution in [0.15, 0.2) is 24.3 Å². The Bertz CT molecular complexity index is 528. The third kappa shape index (κ3) is 3.07. The van der Waals surface area contributed by atoms with Crippen LogP contribution in [-0.2, 0) is 16.0 Å². The molecular weight excluding hydrogens is 290 g/mol. The molecule has 0 aromatic heterocycles. The molecule has 2 fully saturated rings. The SMILES string of the molecule is O=C(Cc1cccc(Cl)c1)N1CC[C@@]2(CCCO2)[C@@H](O)C1. The Morgan fingerprint density at radius 2 is 2.33 bits per heavy atom. The molecule has 1 N–H and O–H groups in total. The molecule has 2 aliphatic rings. The summed E-state index contributed by atoms with van der Waals surface area (Å²) in [5.41, 5.74) is 0.492. The van der Waals surface area contributed by atoms with Crippen molar-refractivity contribution < 1.29 is 14.6 Å². The number of aliphatic hydroxyl groups excluding tert-OH is 1. The first-order valence-electron chi connectivity index (χ1n) is 7.43. The molecule has 1 amide bonds. The molecule has 2 saturated heterocycles. The van der Waals surface area contributed by atoms with E-state index < -0.39 is 11.7 Å². The lowest BCUT2D eigenvalue weighted by molar-refractivity contribution is -0.151. The van der Waals surface area contributed by atoms with Gasteiger partial charge < -0.3 is 14.7 Å². The summed E-state index contributed by atoms with van der Waals surface area (Å²) in [6, 6.07) is 7.34. The number of piperidine rings is 1. The molecule has 1 spiro atoms. The quantitative estimate of drug-likeness (QED) is 0.909. The fraction of sp³-hybridized carbons (Fsp3) is 0.562. The van der Waals surface area contributed by atoms with Gasteiger partial charge in [-0.1, -0.05) is 23.7 Å². The van der Waals surface area contributed by atoms with Crippen molar-refractivity contribution in [2.24, 2.45) is 0 Å². The number of carbonyl (C=O) groups excluding carboxylic acids is 1. The van der Waals surface area contributed by atoms with Crippen LogP contribution in [0.25, 0.3) is 0 Å². The van der Waals surface area contributed by atoms with Crippen molar-refractivity contribution in [3.8, 4) is 0 Å². The van der Waals surface area contributed by atoms with E-state index in [1.165, 1.54) is 0 Å². The summed E-state index contributed by atoms with van der Waals surface area (Å²) in [4.78, 5) is 14.1. The van der Waals surface area contributed by atoms with E-state index in [2.05, 4.69) is 0 Å². The Kier molecular flexibility index (Phi) is 4.20. The lowest BCUT2D eigenvalue weighted by atomic mass is 9.86. The van der Waals surface area contributed by atoms with Crippen LogP contribution in [-0.4, -0.2) is 47.3 Å². The molecule has 1 aromatic carbocycles. The molecule has 2 atom stereocenters. The Hall–Kier alpha value is -1.10. The number of β-amino-alcohol motifs (C(OH)–C–C–N with tert-alkyl or cyclic N) is 1. The molecule has 0 unspecified atom stereocenters. The third-order valence-corrected chi connectivity index (χ3v) is 4.77. The lowest BCUT2D eigenvalue weighted by Crippen LogP contribution is -2.56. The van der Waals surface area contributed by atoms with E-state index in [-0.39, 0.29) is 5.91 Å². The number of carbonyl (C=O) groups is 1. The number of hydrogen-bond acceptors (Lipinski definition) is 3. The number of aliphatic hydroxyl groups is 1. The number of nitrogens with zero attached hydrogens (tertiary/aromatic N) is 1. The van der Waals surface area contributed by atoms with Gasteiger partial charge in [0.05, 0.1) is 12.0 Å². The Morgan fingerprint density at radius 3 is 3.00 bits per heavy atom. The summed E-state index contributed by atoms with van der Waals surface area (Å²) in [5, 5.41) is 11.0. The van der Waals surface area contributed by atoms with E-state index >= 15 is 0 Å². The van der Waals surface area contributed by atoms with Gasteiger partial charge in [-0.2, -0.15) is 0 Å². The van der Waals surface area contributed by atoms with Crippen molar-refractivity contribution >= 4 is 17.5 Å². The molecule has 3 rings (SSSR count). The maximum absolute atomic E-state index is 12.4. The van der Waals surface area contributed by atoms with Crippen LogP contribution in [0.4, 0.5) is 0 Å². The smallest absolute Gasteiger partial charge is 0.227 e. The normalized spacial score (nSPS) is 29.0. The van der Waals surface area contributed by atoms with Gasteiger partial charge in [-0.3, -0.25) is 4.79 Å². The van der Waals surface area contributed by atoms with Crippen molar-refractivity contribution in [1.29, 1.82) is 0 Å². The first-order chi connectivity index (χ1) is 10.1. The second kappa shape index (κ2) is 5.95. The van der Waals surface area contributed by atoms with Crippen molar-refractivity contribution in [2.45, 2.75) is 37.4 Å². The number of ether oxygens (including phenoxy) is 1. The molecule has 0 saturated carbocycles. The number of rotatable bonds is 2. The molecule has 1 aromatic rings. The first kappa shape index (κ1) is 14.8. The van der Waals surface area contributed by atoms with Crippen molar-refractivity contribution in [3.05, 3.63) is 34.9 Å². The third-order valence-electron chi connectivity index (χ3n) is 4.54. The number of benzene rings is 1. The van der Waals surface area contributed by atoms with Gasteiger partial charge in [-0.25, -0.2) is 0 Å². The molecule has 4 nitrogen and oxygen atoms in total. The molecule has 114 valence electrons. The van der Waals surface area contributed by atoms with Crippen LogP contribution in [0.1, 0.15) is 24.8 Å². The topological polar surface area (TPSA) is 49.8 Å². The summed E-state index contributed by atoms with van der Waals surface area (Å²) >= 11 is 5.94. The second-order valence-corrected chi connectivity index (χ2v) is 6.37. The highest BCUT2D eigenvalue weighted by Crippen LogP contribution is 2.36. The largest absolute Gasteiger partial charge is 0.388 e. The zero-order chi connectivity index (χ0) is 14.9. The van der Waals surface area contributed by atoms with Crippen LogP contribution in [0.2, 0.25) is 5.02 Å². The van der Waals surface area contributed by atoms with Gasteiger partial charge in [-0.05, 0) is 37.0 Å². The molecular formula is C16H20ClNO3. The first-order valence-corrected chi connectivity index (χ1v) is 7.81. The highest BCUT2D eigenvalue weighted by molar-refractivity contribution is 6.30. The van der Waals surface area contributed by atoms with Gasteiger partial charge in [0.25, 0.3) is 0 Å². The number of likely N-dealkylation sites (tertiary alicyclic amines) is 1. The predicted octanol–water partition coefficient (Wildman–Crippen LogP) is 2.02. The molecule has 2 heterocycles. The summed E-state index contributed by atoms with van der Waals surface area (Å²) in [7, 11) is 0. The lowest BCUT2D eigenvalue weighted by Gasteiger charge is -2.42. The molecule has 0 radical (unpaired) electrons. The zero-order valence-corrected chi connectivity index (χ0v) is 12.7. The minimum Gasteiger partial charge on any atom is -0.388 e. The monoisotopic (exact) mass is 309 g/mol. The standard InChI is InChI=1S/C16H20ClNO3/c17-13-4-1-3-12(9-13)10-15(20)18-7-6-16(14(19)11-18)5-2-8-21-16/h1,3-4,9,14,19H,2,5-8,10-11H2/t14-,16-/m0/s1. The summed E-state index contributed by atoms with van der Waals surface area (Å²) < 4.78 is 5.75. The summed E-state index contributed by atoms with van der Waals surface area (Å²) in [6.07, 6.45) is 2.34. The number of halogens is 1. The van der Waals surface area contributed by atoms with E-state index in [1.807, 2.05) is 12.1 Å². The zero-order valence-electron chi connectivity index (χ0n) is 11.9. The minimum absolute atomic E-state index is 0.0316. The van der Waals surface area contributed by atoms with E-state index in [4.69, 9.17) is 16.3 Å².